The Kier molecular flexibility index (Phi) is 8.54. The molecule has 0 spiro atoms. The highest BCUT2D eigenvalue weighted by atomic mass is 16.5. The quantitative estimate of drug-likeness (QED) is 0.610. The smallest absolute Gasteiger partial charge is 0.119 e. The number of hydrogen-bond acceptors (Lipinski definition) is 3. The highest BCUT2D eigenvalue weighted by Crippen LogP contribution is 2.13. The zero-order valence-electron chi connectivity index (χ0n) is 13.6. The molecule has 0 fully saturated rings. The van der Waals surface area contributed by atoms with Crippen molar-refractivity contribution in [2.75, 3.05) is 19.7 Å². The fourth-order valence-electron chi connectivity index (χ4n) is 2.27. The van der Waals surface area contributed by atoms with Crippen LogP contribution in [0.25, 0.3) is 0 Å². The molecule has 3 heteroatoms. The molecule has 0 saturated carbocycles. The molecule has 0 aliphatic heterocycles. The van der Waals surface area contributed by atoms with Crippen LogP contribution in [0.5, 0.6) is 5.75 Å². The van der Waals surface area contributed by atoms with Crippen molar-refractivity contribution < 1.29 is 4.74 Å². The standard InChI is InChI=1S/C18H28N2O/c1-4-5-6-13-20(16(2)3)14-15-21-18-9-7-17(8-10-18)11-12-19/h7-10,16H,4-6,11,13-15H2,1-3H3. The summed E-state index contributed by atoms with van der Waals surface area (Å²) in [6, 6.07) is 10.5. The number of benzene rings is 1. The van der Waals surface area contributed by atoms with Crippen molar-refractivity contribution in [1.29, 1.82) is 5.26 Å². The van der Waals surface area contributed by atoms with E-state index in [0.29, 0.717) is 19.1 Å². The number of unbranched alkanes of at least 4 members (excludes halogenated alkanes) is 2. The molecule has 1 aromatic carbocycles. The third-order valence-corrected chi connectivity index (χ3v) is 3.63. The summed E-state index contributed by atoms with van der Waals surface area (Å²) in [4.78, 5) is 2.47. The van der Waals surface area contributed by atoms with Gasteiger partial charge < -0.3 is 4.74 Å². The summed E-state index contributed by atoms with van der Waals surface area (Å²) in [6.45, 7) is 9.53. The van der Waals surface area contributed by atoms with Crippen LogP contribution >= 0.6 is 0 Å². The van der Waals surface area contributed by atoms with Crippen molar-refractivity contribution in [3.05, 3.63) is 29.8 Å². The topological polar surface area (TPSA) is 36.3 Å². The maximum absolute atomic E-state index is 8.65. The average molecular weight is 288 g/mol. The van der Waals surface area contributed by atoms with Gasteiger partial charge >= 0.3 is 0 Å². The van der Waals surface area contributed by atoms with E-state index in [0.717, 1.165) is 24.4 Å². The van der Waals surface area contributed by atoms with Gasteiger partial charge in [0.1, 0.15) is 12.4 Å². The van der Waals surface area contributed by atoms with E-state index in [9.17, 15) is 0 Å². The predicted octanol–water partition coefficient (Wildman–Crippen LogP) is 4.03. The first-order valence-corrected chi connectivity index (χ1v) is 8.00. The number of nitrogens with zero attached hydrogens (tertiary/aromatic N) is 2. The normalized spacial score (nSPS) is 10.9. The van der Waals surface area contributed by atoms with Gasteiger partial charge in [-0.25, -0.2) is 0 Å². The van der Waals surface area contributed by atoms with Gasteiger partial charge in [-0.2, -0.15) is 5.26 Å². The summed E-state index contributed by atoms with van der Waals surface area (Å²) in [5.74, 6) is 0.883. The van der Waals surface area contributed by atoms with Crippen molar-refractivity contribution in [2.45, 2.75) is 52.5 Å². The van der Waals surface area contributed by atoms with Gasteiger partial charge in [0.2, 0.25) is 0 Å². The Labute approximate surface area is 129 Å². The van der Waals surface area contributed by atoms with Crippen LogP contribution in [-0.2, 0) is 6.42 Å². The zero-order valence-corrected chi connectivity index (χ0v) is 13.6. The maximum Gasteiger partial charge on any atom is 0.119 e. The lowest BCUT2D eigenvalue weighted by atomic mass is 10.2. The molecular formula is C18H28N2O. The molecular weight excluding hydrogens is 260 g/mol. The first kappa shape index (κ1) is 17.5. The fourth-order valence-corrected chi connectivity index (χ4v) is 2.27. The van der Waals surface area contributed by atoms with Gasteiger partial charge in [0.05, 0.1) is 12.5 Å². The Balaban J connectivity index is 2.34. The highest BCUT2D eigenvalue weighted by molar-refractivity contribution is 5.28. The van der Waals surface area contributed by atoms with Crippen LogP contribution < -0.4 is 4.74 Å². The molecule has 0 radical (unpaired) electrons. The van der Waals surface area contributed by atoms with Crippen LogP contribution in [-0.4, -0.2) is 30.6 Å². The molecule has 21 heavy (non-hydrogen) atoms. The Morgan fingerprint density at radius 3 is 2.43 bits per heavy atom. The third kappa shape index (κ3) is 7.15. The third-order valence-electron chi connectivity index (χ3n) is 3.63. The van der Waals surface area contributed by atoms with Gasteiger partial charge in [0, 0.05) is 12.6 Å². The molecule has 0 aliphatic rings. The van der Waals surface area contributed by atoms with Gasteiger partial charge in [-0.1, -0.05) is 31.9 Å². The van der Waals surface area contributed by atoms with Crippen LogP contribution in [0.1, 0.15) is 45.6 Å². The van der Waals surface area contributed by atoms with Crippen LogP contribution in [0.2, 0.25) is 0 Å². The van der Waals surface area contributed by atoms with Gasteiger partial charge in [0.15, 0.2) is 0 Å². The van der Waals surface area contributed by atoms with E-state index in [-0.39, 0.29) is 0 Å². The van der Waals surface area contributed by atoms with Crippen LogP contribution in [0.4, 0.5) is 0 Å². The lowest BCUT2D eigenvalue weighted by Gasteiger charge is -2.26. The summed E-state index contributed by atoms with van der Waals surface area (Å²) in [5, 5.41) is 8.65. The maximum atomic E-state index is 8.65. The minimum atomic E-state index is 0.457. The van der Waals surface area contributed by atoms with Gasteiger partial charge in [-0.3, -0.25) is 4.90 Å². The molecule has 116 valence electrons. The molecule has 3 nitrogen and oxygen atoms in total. The molecule has 0 saturated heterocycles. The molecule has 0 aliphatic carbocycles. The highest BCUT2D eigenvalue weighted by Gasteiger charge is 2.08. The summed E-state index contributed by atoms with van der Waals surface area (Å²) in [6.07, 6.45) is 4.28. The minimum absolute atomic E-state index is 0.457. The second-order valence-corrected chi connectivity index (χ2v) is 5.66. The van der Waals surface area contributed by atoms with E-state index in [2.05, 4.69) is 31.7 Å². The molecule has 0 unspecified atom stereocenters. The molecule has 0 amide bonds. The van der Waals surface area contributed by atoms with E-state index >= 15 is 0 Å². The molecule has 1 aromatic rings. The summed E-state index contributed by atoms with van der Waals surface area (Å²) < 4.78 is 5.80. The first-order valence-electron chi connectivity index (χ1n) is 8.00. The largest absolute Gasteiger partial charge is 0.492 e. The van der Waals surface area contributed by atoms with Crippen LogP contribution in [0, 0.1) is 11.3 Å². The lowest BCUT2D eigenvalue weighted by molar-refractivity contribution is 0.173. The Bertz CT molecular complexity index is 420. The molecule has 0 N–H and O–H groups in total. The SMILES string of the molecule is CCCCCN(CCOc1ccc(CC#N)cc1)C(C)C. The van der Waals surface area contributed by atoms with Crippen LogP contribution in [0.3, 0.4) is 0 Å². The molecule has 0 atom stereocenters. The molecule has 0 bridgehead atoms. The lowest BCUT2D eigenvalue weighted by Crippen LogP contribution is -2.35. The summed E-state index contributed by atoms with van der Waals surface area (Å²) >= 11 is 0. The number of ether oxygens (including phenoxy) is 1. The van der Waals surface area contributed by atoms with Crippen molar-refractivity contribution in [3.8, 4) is 11.8 Å². The van der Waals surface area contributed by atoms with Gasteiger partial charge in [0.25, 0.3) is 0 Å². The molecule has 1 rings (SSSR count). The van der Waals surface area contributed by atoms with Crippen molar-refractivity contribution in [1.82, 2.24) is 4.90 Å². The van der Waals surface area contributed by atoms with E-state index in [1.807, 2.05) is 24.3 Å². The van der Waals surface area contributed by atoms with E-state index in [4.69, 9.17) is 10.00 Å². The van der Waals surface area contributed by atoms with E-state index < -0.39 is 0 Å². The summed E-state index contributed by atoms with van der Waals surface area (Å²) in [5.41, 5.74) is 1.04. The average Bonchev–Trinajstić information content (AvgIpc) is 2.47. The van der Waals surface area contributed by atoms with Gasteiger partial charge in [-0.05, 0) is 44.5 Å². The fraction of sp³-hybridized carbons (Fsp3) is 0.611. The van der Waals surface area contributed by atoms with Crippen molar-refractivity contribution in [2.24, 2.45) is 0 Å². The van der Waals surface area contributed by atoms with Crippen LogP contribution in [0.15, 0.2) is 24.3 Å². The molecule has 0 heterocycles. The monoisotopic (exact) mass is 288 g/mol. The molecule has 0 aromatic heterocycles. The number of nitriles is 1. The first-order chi connectivity index (χ1) is 10.2. The van der Waals surface area contributed by atoms with Crippen molar-refractivity contribution in [3.63, 3.8) is 0 Å². The Morgan fingerprint density at radius 1 is 1.14 bits per heavy atom. The van der Waals surface area contributed by atoms with Crippen molar-refractivity contribution >= 4 is 0 Å². The Hall–Kier alpha value is -1.53. The van der Waals surface area contributed by atoms with E-state index in [1.54, 1.807) is 0 Å². The predicted molar refractivity (Wildman–Crippen MR) is 87.5 cm³/mol. The second-order valence-electron chi connectivity index (χ2n) is 5.66. The zero-order chi connectivity index (χ0) is 15.5. The summed E-state index contributed by atoms with van der Waals surface area (Å²) in [7, 11) is 0. The second kappa shape index (κ2) is 10.2. The Morgan fingerprint density at radius 2 is 1.86 bits per heavy atom. The van der Waals surface area contributed by atoms with Gasteiger partial charge in [-0.15, -0.1) is 0 Å². The minimum Gasteiger partial charge on any atom is -0.492 e. The number of rotatable bonds is 10. The van der Waals surface area contributed by atoms with E-state index in [1.165, 1.54) is 19.3 Å². The number of hydrogen-bond donors (Lipinski definition) is 0.